The summed E-state index contributed by atoms with van der Waals surface area (Å²) in [7, 11) is 0. The standard InChI is InChI=1S/C15H18N2O/c1-9-11-7-5-6-8-12(11)17-14(16)15(3,4)13(9)10(2)18/h5-8H,1-4H3,(H2,16,17). The molecule has 0 radical (unpaired) electrons. The van der Waals surface area contributed by atoms with Crippen molar-refractivity contribution in [3.63, 3.8) is 0 Å². The molecule has 0 saturated heterocycles. The number of ketones is 1. The van der Waals surface area contributed by atoms with Gasteiger partial charge in [-0.15, -0.1) is 0 Å². The second kappa shape index (κ2) is 4.09. The zero-order valence-electron chi connectivity index (χ0n) is 11.2. The number of amidine groups is 1. The van der Waals surface area contributed by atoms with Crippen molar-refractivity contribution in [3.8, 4) is 0 Å². The Kier molecular flexibility index (Phi) is 2.85. The highest BCUT2D eigenvalue weighted by atomic mass is 16.1. The molecule has 0 aromatic heterocycles. The Balaban J connectivity index is 2.85. The van der Waals surface area contributed by atoms with E-state index in [0.29, 0.717) is 5.84 Å². The average Bonchev–Trinajstić information content (AvgIpc) is 2.34. The molecule has 94 valence electrons. The molecule has 0 fully saturated rings. The number of fused-ring (bicyclic) bond motifs is 1. The van der Waals surface area contributed by atoms with Crippen LogP contribution in [0.5, 0.6) is 0 Å². The molecule has 0 spiro atoms. The van der Waals surface area contributed by atoms with E-state index in [4.69, 9.17) is 5.73 Å². The van der Waals surface area contributed by atoms with E-state index in [1.54, 1.807) is 6.92 Å². The first-order valence-electron chi connectivity index (χ1n) is 6.02. The van der Waals surface area contributed by atoms with Crippen LogP contribution in [0.2, 0.25) is 0 Å². The van der Waals surface area contributed by atoms with E-state index in [1.807, 2.05) is 45.0 Å². The number of nitrogens with two attached hydrogens (primary N) is 1. The molecule has 3 nitrogen and oxygen atoms in total. The number of nitrogens with zero attached hydrogens (tertiary/aromatic N) is 1. The van der Waals surface area contributed by atoms with Gasteiger partial charge in [0.2, 0.25) is 0 Å². The fraction of sp³-hybridized carbons (Fsp3) is 0.333. The van der Waals surface area contributed by atoms with Crippen molar-refractivity contribution in [2.75, 3.05) is 0 Å². The zero-order chi connectivity index (χ0) is 13.5. The van der Waals surface area contributed by atoms with Gasteiger partial charge in [-0.25, -0.2) is 4.99 Å². The summed E-state index contributed by atoms with van der Waals surface area (Å²) in [5.74, 6) is 0.532. The molecular weight excluding hydrogens is 224 g/mol. The molecule has 0 amide bonds. The Hall–Kier alpha value is -1.90. The smallest absolute Gasteiger partial charge is 0.157 e. The largest absolute Gasteiger partial charge is 0.386 e. The molecule has 2 N–H and O–H groups in total. The molecular formula is C15H18N2O. The molecule has 0 unspecified atom stereocenters. The molecule has 0 aliphatic carbocycles. The van der Waals surface area contributed by atoms with Gasteiger partial charge in [-0.3, -0.25) is 4.79 Å². The van der Waals surface area contributed by atoms with Crippen molar-refractivity contribution in [2.45, 2.75) is 27.7 Å². The first-order valence-corrected chi connectivity index (χ1v) is 6.02. The molecule has 1 aliphatic heterocycles. The van der Waals surface area contributed by atoms with E-state index < -0.39 is 5.41 Å². The van der Waals surface area contributed by atoms with Crippen LogP contribution in [0.1, 0.15) is 33.3 Å². The quantitative estimate of drug-likeness (QED) is 0.822. The lowest BCUT2D eigenvalue weighted by Crippen LogP contribution is -2.35. The minimum Gasteiger partial charge on any atom is -0.386 e. The first kappa shape index (κ1) is 12.6. The normalized spacial score (nSPS) is 17.9. The molecule has 18 heavy (non-hydrogen) atoms. The monoisotopic (exact) mass is 242 g/mol. The number of rotatable bonds is 1. The molecule has 2 rings (SSSR count). The molecule has 0 bridgehead atoms. The highest BCUT2D eigenvalue weighted by molar-refractivity contribution is 6.11. The summed E-state index contributed by atoms with van der Waals surface area (Å²) in [4.78, 5) is 16.4. The minimum absolute atomic E-state index is 0.0485. The van der Waals surface area contributed by atoms with Crippen LogP contribution in [0.3, 0.4) is 0 Å². The van der Waals surface area contributed by atoms with Gasteiger partial charge < -0.3 is 5.73 Å². The minimum atomic E-state index is -0.533. The Morgan fingerprint density at radius 3 is 2.50 bits per heavy atom. The number of hydrogen-bond acceptors (Lipinski definition) is 3. The topological polar surface area (TPSA) is 55.5 Å². The SMILES string of the molecule is CC(=O)C1=C(C)c2ccccc2N=C(N)C1(C)C. The lowest BCUT2D eigenvalue weighted by Gasteiger charge is -2.26. The Bertz CT molecular complexity index is 580. The second-order valence-corrected chi connectivity index (χ2v) is 5.20. The van der Waals surface area contributed by atoms with Crippen molar-refractivity contribution < 1.29 is 4.79 Å². The van der Waals surface area contributed by atoms with Gasteiger partial charge in [0, 0.05) is 11.1 Å². The maximum atomic E-state index is 12.0. The summed E-state index contributed by atoms with van der Waals surface area (Å²) in [5.41, 5.74) is 9.07. The lowest BCUT2D eigenvalue weighted by molar-refractivity contribution is -0.114. The molecule has 1 aromatic carbocycles. The summed E-state index contributed by atoms with van der Waals surface area (Å²) in [6, 6.07) is 7.77. The number of hydrogen-bond donors (Lipinski definition) is 1. The van der Waals surface area contributed by atoms with Gasteiger partial charge in [-0.1, -0.05) is 18.2 Å². The van der Waals surface area contributed by atoms with E-state index in [0.717, 1.165) is 22.4 Å². The third-order valence-electron chi connectivity index (χ3n) is 3.54. The first-order chi connectivity index (χ1) is 8.35. The molecule has 3 heteroatoms. The van der Waals surface area contributed by atoms with E-state index in [9.17, 15) is 4.79 Å². The van der Waals surface area contributed by atoms with Crippen LogP contribution in [0.4, 0.5) is 5.69 Å². The third kappa shape index (κ3) is 1.76. The second-order valence-electron chi connectivity index (χ2n) is 5.20. The molecule has 1 aliphatic rings. The highest BCUT2D eigenvalue weighted by Gasteiger charge is 2.34. The van der Waals surface area contributed by atoms with E-state index >= 15 is 0 Å². The number of carbonyl (C=O) groups is 1. The van der Waals surface area contributed by atoms with E-state index in [2.05, 4.69) is 4.99 Å². The van der Waals surface area contributed by atoms with Gasteiger partial charge in [0.15, 0.2) is 5.78 Å². The van der Waals surface area contributed by atoms with Gasteiger partial charge in [0.05, 0.1) is 11.1 Å². The van der Waals surface area contributed by atoms with Gasteiger partial charge in [0.25, 0.3) is 0 Å². The van der Waals surface area contributed by atoms with Gasteiger partial charge in [-0.2, -0.15) is 0 Å². The summed E-state index contributed by atoms with van der Waals surface area (Å²) in [6.45, 7) is 7.43. The lowest BCUT2D eigenvalue weighted by atomic mass is 9.78. The van der Waals surface area contributed by atoms with Crippen LogP contribution in [-0.4, -0.2) is 11.6 Å². The molecule has 1 aromatic rings. The Morgan fingerprint density at radius 1 is 1.28 bits per heavy atom. The molecule has 1 heterocycles. The Labute approximate surface area is 107 Å². The van der Waals surface area contributed by atoms with Crippen LogP contribution < -0.4 is 5.73 Å². The number of aliphatic imine (C=N–C) groups is 1. The fourth-order valence-electron chi connectivity index (χ4n) is 2.59. The average molecular weight is 242 g/mol. The number of allylic oxidation sites excluding steroid dienone is 1. The maximum Gasteiger partial charge on any atom is 0.157 e. The summed E-state index contributed by atoms with van der Waals surface area (Å²) >= 11 is 0. The van der Waals surface area contributed by atoms with Crippen LogP contribution in [0.25, 0.3) is 5.57 Å². The highest BCUT2D eigenvalue weighted by Crippen LogP contribution is 2.40. The number of Topliss-reactive ketones (excluding diaryl/α,β-unsaturated/α-hetero) is 1. The van der Waals surface area contributed by atoms with Gasteiger partial charge in [0.1, 0.15) is 5.84 Å². The van der Waals surface area contributed by atoms with Crippen molar-refractivity contribution in [2.24, 2.45) is 16.1 Å². The predicted octanol–water partition coefficient (Wildman–Crippen LogP) is 3.08. The van der Waals surface area contributed by atoms with Crippen molar-refractivity contribution in [1.29, 1.82) is 0 Å². The number of carbonyl (C=O) groups excluding carboxylic acids is 1. The van der Waals surface area contributed by atoms with Gasteiger partial charge in [-0.05, 0) is 39.3 Å². The molecule has 0 saturated carbocycles. The summed E-state index contributed by atoms with van der Waals surface area (Å²) < 4.78 is 0. The van der Waals surface area contributed by atoms with E-state index in [-0.39, 0.29) is 5.78 Å². The van der Waals surface area contributed by atoms with Crippen LogP contribution in [-0.2, 0) is 4.79 Å². The van der Waals surface area contributed by atoms with Crippen molar-refractivity contribution in [3.05, 3.63) is 35.4 Å². The third-order valence-corrected chi connectivity index (χ3v) is 3.54. The number of para-hydroxylation sites is 1. The Morgan fingerprint density at radius 2 is 1.89 bits per heavy atom. The van der Waals surface area contributed by atoms with Crippen molar-refractivity contribution in [1.82, 2.24) is 0 Å². The van der Waals surface area contributed by atoms with Crippen LogP contribution in [0, 0.1) is 5.41 Å². The summed E-state index contributed by atoms with van der Waals surface area (Å²) in [6.07, 6.45) is 0. The van der Waals surface area contributed by atoms with Crippen LogP contribution in [0.15, 0.2) is 34.8 Å². The number of benzene rings is 1. The predicted molar refractivity (Wildman–Crippen MR) is 74.8 cm³/mol. The van der Waals surface area contributed by atoms with Crippen LogP contribution >= 0.6 is 0 Å². The van der Waals surface area contributed by atoms with Gasteiger partial charge >= 0.3 is 0 Å². The van der Waals surface area contributed by atoms with Crippen molar-refractivity contribution >= 4 is 22.9 Å². The zero-order valence-corrected chi connectivity index (χ0v) is 11.2. The molecule has 0 atom stereocenters. The van der Waals surface area contributed by atoms with E-state index in [1.165, 1.54) is 0 Å². The summed E-state index contributed by atoms with van der Waals surface area (Å²) in [5, 5.41) is 0. The maximum absolute atomic E-state index is 12.0. The fourth-order valence-corrected chi connectivity index (χ4v) is 2.59.